The predicted molar refractivity (Wildman–Crippen MR) is 169 cm³/mol. The molecule has 12 atom stereocenters. The fraction of sp³-hybridized carbons (Fsp3) is 0.545. The van der Waals surface area contributed by atoms with Crippen LogP contribution in [0, 0.1) is 0 Å². The summed E-state index contributed by atoms with van der Waals surface area (Å²) in [5.74, 6) is 1.06. The molecule has 29 nitrogen and oxygen atoms in total. The molecule has 4 unspecified atom stereocenters. The highest BCUT2D eigenvalue weighted by Crippen LogP contribution is 2.71. The van der Waals surface area contributed by atoms with Crippen LogP contribution in [0.15, 0.2) is 48.6 Å². The van der Waals surface area contributed by atoms with Gasteiger partial charge < -0.3 is 75.2 Å². The monoisotopic (exact) mass is 874 g/mol. The first-order chi connectivity index (χ1) is 25.4. The van der Waals surface area contributed by atoms with Crippen molar-refractivity contribution in [3.8, 4) is 0 Å². The van der Waals surface area contributed by atoms with Gasteiger partial charge in [-0.25, -0.2) is 27.8 Å². The number of carbonyl (C=O) groups is 2. The molecule has 0 aromatic heterocycles. The molecule has 6 aliphatic rings. The van der Waals surface area contributed by atoms with E-state index >= 15 is 0 Å². The van der Waals surface area contributed by atoms with Crippen LogP contribution >= 0.6 is 31.3 Å². The Balaban J connectivity index is 0.000000254. The molecule has 0 bridgehead atoms. The number of fused-ring (bicyclic) bond motifs is 2. The number of amides is 4. The van der Waals surface area contributed by atoms with E-state index in [9.17, 15) is 63.2 Å². The molecule has 6 heterocycles. The lowest BCUT2D eigenvalue weighted by molar-refractivity contribution is -0.165. The second-order valence-electron chi connectivity index (χ2n) is 11.5. The van der Waals surface area contributed by atoms with E-state index < -0.39 is 99.3 Å². The van der Waals surface area contributed by atoms with Gasteiger partial charge >= 0.3 is 43.4 Å². The summed E-state index contributed by atoms with van der Waals surface area (Å²) in [6.07, 6.45) is -5.33. The average Bonchev–Trinajstić information content (AvgIpc) is 3.84. The van der Waals surface area contributed by atoms with Crippen molar-refractivity contribution in [2.45, 2.75) is 55.4 Å². The van der Waals surface area contributed by atoms with Crippen molar-refractivity contribution in [3.63, 3.8) is 0 Å². The zero-order valence-corrected chi connectivity index (χ0v) is 30.8. The molecule has 0 spiro atoms. The highest BCUT2D eigenvalue weighted by molar-refractivity contribution is 7.69. The lowest BCUT2D eigenvalue weighted by Gasteiger charge is -2.35. The fourth-order valence-electron chi connectivity index (χ4n) is 5.53. The van der Waals surface area contributed by atoms with Gasteiger partial charge in [0.05, 0.1) is 6.61 Å². The quantitative estimate of drug-likeness (QED) is 0.0655. The summed E-state index contributed by atoms with van der Waals surface area (Å²) in [6, 6.07) is -1.07. The van der Waals surface area contributed by atoms with Gasteiger partial charge in [-0.3, -0.25) is 24.1 Å². The Morgan fingerprint density at radius 3 is 1.64 bits per heavy atom. The van der Waals surface area contributed by atoms with Gasteiger partial charge in [-0.05, 0) is 12.2 Å². The van der Waals surface area contributed by atoms with Crippen LogP contribution in [0.5, 0.6) is 0 Å². The second kappa shape index (κ2) is 16.3. The molecule has 6 rings (SSSR count). The SMILES string of the molecule is O=C1N2C=CNC2=CCN1[C@@H]1O[C@H](C(O)OP(=O)(O)OP(=O)(O)OP(=O)(O)OP(=O)(O)O)[C@@H](O)[C@H]1O.O=C1N2C=CNC2=CCN1[C@@H]1O[C@H](CO)[C@@H](O)[C@H]1O. The van der Waals surface area contributed by atoms with Gasteiger partial charge in [0, 0.05) is 37.9 Å². The van der Waals surface area contributed by atoms with E-state index in [1.165, 1.54) is 28.3 Å². The summed E-state index contributed by atoms with van der Waals surface area (Å²) in [6.45, 7) is -0.295. The van der Waals surface area contributed by atoms with Crippen LogP contribution < -0.4 is 10.6 Å². The van der Waals surface area contributed by atoms with Crippen molar-refractivity contribution in [2.24, 2.45) is 0 Å². The maximum atomic E-state index is 12.6. The standard InChI is InChI=1S/C11H19N3O18P4.C11H15N3O5/c15-6-7(16)9(14-3-1-5-12-2-4-13(5)11(14)18)28-8(6)10(17)29-34(22,23)31-36(26,27)32-35(24,25)30-33(19,20)21;15-5-6-8(16)9(17)10(19-6)14-3-1-7-12-2-4-13(7)11(14)18/h1-2,4,6-10,12,15-17H,3H2,(H,22,23)(H,24,25)(H,26,27)(H2,19,20,21);1-2,4,6,8-10,12,15-17H,3,5H2/t6-,7+,8-,9+,10?;6-,8-,9-,10-/m01/s1. The van der Waals surface area contributed by atoms with Crippen LogP contribution in [-0.2, 0) is 45.2 Å². The third-order valence-corrected chi connectivity index (χ3v) is 13.3. The lowest BCUT2D eigenvalue weighted by atomic mass is 10.1. The number of aliphatic hydroxyl groups is 6. The van der Waals surface area contributed by atoms with Crippen LogP contribution in [0.1, 0.15) is 0 Å². The van der Waals surface area contributed by atoms with E-state index in [2.05, 4.69) is 28.1 Å². The van der Waals surface area contributed by atoms with Crippen molar-refractivity contribution in [2.75, 3.05) is 19.7 Å². The minimum absolute atomic E-state index is 0.137. The van der Waals surface area contributed by atoms with Gasteiger partial charge in [0.2, 0.25) is 0 Å². The molecule has 33 heteroatoms. The largest absolute Gasteiger partial charge is 0.490 e. The van der Waals surface area contributed by atoms with E-state index in [1.54, 1.807) is 18.5 Å². The molecule has 2 saturated heterocycles. The number of ether oxygens (including phenoxy) is 2. The molecule has 0 saturated carbocycles. The Bertz CT molecular complexity index is 1830. The molecule has 0 aliphatic carbocycles. The maximum Gasteiger partial charge on any atom is 0.490 e. The Morgan fingerprint density at radius 2 is 1.16 bits per heavy atom. The van der Waals surface area contributed by atoms with E-state index in [0.29, 0.717) is 11.6 Å². The van der Waals surface area contributed by atoms with E-state index in [1.807, 2.05) is 0 Å². The number of phosphoric acid groups is 4. The molecule has 2 fully saturated rings. The number of carbonyl (C=O) groups excluding carboxylic acids is 2. The average molecular weight is 874 g/mol. The summed E-state index contributed by atoms with van der Waals surface area (Å²) in [7, 11) is -23.9. The summed E-state index contributed by atoms with van der Waals surface area (Å²) >= 11 is 0. The van der Waals surface area contributed by atoms with Crippen LogP contribution in [0.2, 0.25) is 0 Å². The number of hydrogen-bond acceptors (Lipinski definition) is 20. The summed E-state index contributed by atoms with van der Waals surface area (Å²) in [5.41, 5.74) is 0. The normalized spacial score (nSPS) is 34.0. The van der Waals surface area contributed by atoms with Crippen LogP contribution in [0.3, 0.4) is 0 Å². The third kappa shape index (κ3) is 9.90. The van der Waals surface area contributed by atoms with E-state index in [0.717, 1.165) is 9.80 Å². The predicted octanol–water partition coefficient (Wildman–Crippen LogP) is -4.06. The van der Waals surface area contributed by atoms with Crippen molar-refractivity contribution >= 4 is 43.4 Å². The first kappa shape index (κ1) is 43.5. The molecule has 55 heavy (non-hydrogen) atoms. The van der Waals surface area contributed by atoms with E-state index in [-0.39, 0.29) is 19.1 Å². The fourth-order valence-corrected chi connectivity index (χ4v) is 10.0. The second-order valence-corrected chi connectivity index (χ2v) is 17.5. The first-order valence-electron chi connectivity index (χ1n) is 15.1. The van der Waals surface area contributed by atoms with Gasteiger partial charge in [-0.2, -0.15) is 12.9 Å². The topological polar surface area (TPSA) is 417 Å². The van der Waals surface area contributed by atoms with E-state index in [4.69, 9.17) is 29.3 Å². The number of nitrogens with one attached hydrogen (secondary N) is 2. The van der Waals surface area contributed by atoms with Crippen LogP contribution in [0.25, 0.3) is 0 Å². The van der Waals surface area contributed by atoms with Crippen molar-refractivity contribution in [1.29, 1.82) is 0 Å². The first-order valence-corrected chi connectivity index (χ1v) is 21.1. The van der Waals surface area contributed by atoms with Gasteiger partial charge in [0.1, 0.15) is 48.3 Å². The lowest BCUT2D eigenvalue weighted by Crippen LogP contribution is -2.53. The highest BCUT2D eigenvalue weighted by Gasteiger charge is 2.54. The molecule has 6 aliphatic heterocycles. The Labute approximate surface area is 307 Å². The molecular weight excluding hydrogens is 840 g/mol. The zero-order valence-electron chi connectivity index (χ0n) is 27.2. The number of hydrogen-bond donors (Lipinski definition) is 13. The van der Waals surface area contributed by atoms with Gasteiger partial charge in [-0.1, -0.05) is 0 Å². The highest BCUT2D eigenvalue weighted by atomic mass is 31.3. The minimum Gasteiger partial charge on any atom is -0.394 e. The molecule has 0 radical (unpaired) electrons. The molecule has 310 valence electrons. The summed E-state index contributed by atoms with van der Waals surface area (Å²) < 4.78 is 70.6. The summed E-state index contributed by atoms with van der Waals surface area (Å²) in [5, 5.41) is 64.9. The smallest absolute Gasteiger partial charge is 0.394 e. The molecule has 13 N–H and O–H groups in total. The Hall–Kier alpha value is -2.66. The van der Waals surface area contributed by atoms with Gasteiger partial charge in [-0.15, -0.1) is 0 Å². The molecule has 0 aromatic rings. The molecular formula is C22H34N6O23P4. The third-order valence-electron chi connectivity index (χ3n) is 7.85. The van der Waals surface area contributed by atoms with Crippen LogP contribution in [-0.4, -0.2) is 162 Å². The van der Waals surface area contributed by atoms with Crippen molar-refractivity contribution in [3.05, 3.63) is 48.6 Å². The number of aliphatic hydroxyl groups excluding tert-OH is 6. The summed E-state index contributed by atoms with van der Waals surface area (Å²) in [4.78, 5) is 74.4. The molecule has 4 amide bonds. The zero-order chi connectivity index (χ0) is 40.8. The Kier molecular flexibility index (Phi) is 12.9. The minimum atomic E-state index is -6.15. The van der Waals surface area contributed by atoms with Crippen molar-refractivity contribution in [1.82, 2.24) is 30.2 Å². The Morgan fingerprint density at radius 1 is 0.709 bits per heavy atom. The van der Waals surface area contributed by atoms with Gasteiger partial charge in [0.15, 0.2) is 18.7 Å². The maximum absolute atomic E-state index is 12.6. The number of phosphoric ester groups is 1. The molecule has 0 aromatic carbocycles. The van der Waals surface area contributed by atoms with Gasteiger partial charge in [0.25, 0.3) is 0 Å². The van der Waals surface area contributed by atoms with Crippen LogP contribution in [0.4, 0.5) is 9.59 Å². The number of nitrogens with zero attached hydrogens (tertiary/aromatic N) is 4. The number of urea groups is 2. The number of rotatable bonds is 12. The van der Waals surface area contributed by atoms with Crippen molar-refractivity contribution < 1.29 is 110 Å².